The monoisotopic (exact) mass is 323 g/mol. The van der Waals surface area contributed by atoms with Gasteiger partial charge < -0.3 is 26.6 Å². The molecule has 3 atom stereocenters. The number of amides is 2. The van der Waals surface area contributed by atoms with E-state index >= 15 is 0 Å². The number of carboxylic acid groups (broad SMARTS) is 1. The number of hydrogen-bond donors (Lipinski definition) is 5. The first-order valence-electron chi connectivity index (χ1n) is 7.09. The van der Waals surface area contributed by atoms with Crippen molar-refractivity contribution in [1.82, 2.24) is 10.6 Å². The molecular weight excluding hydrogens is 302 g/mol. The third-order valence-corrected chi connectivity index (χ3v) is 3.18. The molecule has 0 radical (unpaired) electrons. The van der Waals surface area contributed by atoms with Crippen LogP contribution in [0, 0.1) is 0 Å². The first kappa shape index (κ1) is 18.6. The quantitative estimate of drug-likeness (QED) is 0.399. The third kappa shape index (κ3) is 6.05. The number of hydrogen-bond acceptors (Lipinski definition) is 5. The van der Waals surface area contributed by atoms with E-state index in [9.17, 15) is 19.5 Å². The second kappa shape index (κ2) is 8.86. The lowest BCUT2D eigenvalue weighted by Gasteiger charge is -2.20. The van der Waals surface area contributed by atoms with E-state index in [0.29, 0.717) is 0 Å². The highest BCUT2D eigenvalue weighted by atomic mass is 16.4. The molecule has 0 spiro atoms. The maximum absolute atomic E-state index is 12.0. The third-order valence-electron chi connectivity index (χ3n) is 3.18. The minimum Gasteiger partial charge on any atom is -0.480 e. The van der Waals surface area contributed by atoms with Crippen LogP contribution in [0.4, 0.5) is 0 Å². The Hall–Kier alpha value is -2.45. The van der Waals surface area contributed by atoms with E-state index in [1.165, 1.54) is 6.92 Å². The highest BCUT2D eigenvalue weighted by Gasteiger charge is 2.25. The van der Waals surface area contributed by atoms with Gasteiger partial charge in [0.2, 0.25) is 11.8 Å². The summed E-state index contributed by atoms with van der Waals surface area (Å²) in [6.45, 7) is 0.611. The van der Waals surface area contributed by atoms with Crippen LogP contribution in [0.2, 0.25) is 0 Å². The molecule has 1 aromatic rings. The highest BCUT2D eigenvalue weighted by molar-refractivity contribution is 5.91. The van der Waals surface area contributed by atoms with Crippen LogP contribution in [-0.2, 0) is 20.8 Å². The second-order valence-electron chi connectivity index (χ2n) is 5.11. The summed E-state index contributed by atoms with van der Waals surface area (Å²) in [7, 11) is 0. The normalized spacial score (nSPS) is 14.4. The molecule has 0 unspecified atom stereocenters. The van der Waals surface area contributed by atoms with E-state index in [1.54, 1.807) is 0 Å². The van der Waals surface area contributed by atoms with Crippen LogP contribution in [-0.4, -0.2) is 52.7 Å². The van der Waals surface area contributed by atoms with Crippen molar-refractivity contribution < 1.29 is 24.6 Å². The first-order chi connectivity index (χ1) is 10.8. The zero-order valence-corrected chi connectivity index (χ0v) is 12.7. The fourth-order valence-corrected chi connectivity index (χ4v) is 1.81. The fourth-order valence-electron chi connectivity index (χ4n) is 1.81. The number of aliphatic carboxylic acids is 1. The standard InChI is InChI=1S/C15H21N3O5/c1-9(15(22)23)17-14(21)12(8-19)18-13(20)11(16)7-10-5-3-2-4-6-10/h2-6,9,11-12,19H,7-8,16H2,1H3,(H,17,21)(H,18,20)(H,22,23)/t9-,11-,12-/m0/s1. The maximum atomic E-state index is 12.0. The topological polar surface area (TPSA) is 142 Å². The second-order valence-corrected chi connectivity index (χ2v) is 5.11. The molecule has 0 heterocycles. The summed E-state index contributed by atoms with van der Waals surface area (Å²) >= 11 is 0. The summed E-state index contributed by atoms with van der Waals surface area (Å²) in [6.07, 6.45) is 0.276. The van der Waals surface area contributed by atoms with E-state index in [1.807, 2.05) is 30.3 Å². The zero-order chi connectivity index (χ0) is 17.4. The van der Waals surface area contributed by atoms with Crippen LogP contribution in [0.3, 0.4) is 0 Å². The number of rotatable bonds is 8. The van der Waals surface area contributed by atoms with Gasteiger partial charge in [-0.25, -0.2) is 0 Å². The van der Waals surface area contributed by atoms with E-state index in [0.717, 1.165) is 5.56 Å². The van der Waals surface area contributed by atoms with E-state index in [-0.39, 0.29) is 6.42 Å². The maximum Gasteiger partial charge on any atom is 0.325 e. The van der Waals surface area contributed by atoms with E-state index in [4.69, 9.17) is 10.8 Å². The molecule has 0 aliphatic carbocycles. The Morgan fingerprint density at radius 2 is 1.74 bits per heavy atom. The van der Waals surface area contributed by atoms with Gasteiger partial charge in [-0.15, -0.1) is 0 Å². The molecule has 126 valence electrons. The van der Waals surface area contributed by atoms with Crippen LogP contribution >= 0.6 is 0 Å². The smallest absolute Gasteiger partial charge is 0.325 e. The Balaban J connectivity index is 2.58. The fraction of sp³-hybridized carbons (Fsp3) is 0.400. The molecule has 2 amide bonds. The van der Waals surface area contributed by atoms with Gasteiger partial charge in [0.25, 0.3) is 0 Å². The number of aliphatic hydroxyl groups excluding tert-OH is 1. The summed E-state index contributed by atoms with van der Waals surface area (Å²) in [5.41, 5.74) is 6.64. The molecule has 8 nitrogen and oxygen atoms in total. The number of carbonyl (C=O) groups excluding carboxylic acids is 2. The summed E-state index contributed by atoms with van der Waals surface area (Å²) in [5, 5.41) is 22.4. The Morgan fingerprint density at radius 1 is 1.13 bits per heavy atom. The number of nitrogens with one attached hydrogen (secondary N) is 2. The summed E-state index contributed by atoms with van der Waals surface area (Å²) in [5.74, 6) is -2.61. The molecular formula is C15H21N3O5. The lowest BCUT2D eigenvalue weighted by atomic mass is 10.1. The molecule has 6 N–H and O–H groups in total. The van der Waals surface area contributed by atoms with Crippen molar-refractivity contribution in [3.63, 3.8) is 0 Å². The lowest BCUT2D eigenvalue weighted by Crippen LogP contribution is -2.55. The number of nitrogens with two attached hydrogens (primary N) is 1. The number of carboxylic acids is 1. The first-order valence-corrected chi connectivity index (χ1v) is 7.09. The van der Waals surface area contributed by atoms with Gasteiger partial charge in [0.05, 0.1) is 12.6 Å². The SMILES string of the molecule is C[C@H](NC(=O)[C@H](CO)NC(=O)[C@@H](N)Cc1ccccc1)C(=O)O. The Kier molecular flexibility index (Phi) is 7.17. The van der Waals surface area contributed by atoms with Gasteiger partial charge in [-0.05, 0) is 18.9 Å². The predicted molar refractivity (Wildman–Crippen MR) is 82.4 cm³/mol. The molecule has 0 fully saturated rings. The molecule has 0 bridgehead atoms. The van der Waals surface area contributed by atoms with Gasteiger partial charge in [0, 0.05) is 0 Å². The van der Waals surface area contributed by atoms with Gasteiger partial charge in [0.1, 0.15) is 12.1 Å². The van der Waals surface area contributed by atoms with E-state index in [2.05, 4.69) is 10.6 Å². The molecule has 23 heavy (non-hydrogen) atoms. The van der Waals surface area contributed by atoms with Crippen LogP contribution < -0.4 is 16.4 Å². The van der Waals surface area contributed by atoms with Crippen LogP contribution in [0.25, 0.3) is 0 Å². The molecule has 1 rings (SSSR count). The van der Waals surface area contributed by atoms with Crippen molar-refractivity contribution in [3.8, 4) is 0 Å². The molecule has 0 saturated heterocycles. The number of carbonyl (C=O) groups is 3. The van der Waals surface area contributed by atoms with E-state index < -0.39 is 42.5 Å². The average molecular weight is 323 g/mol. The van der Waals surface area contributed by atoms with Crippen molar-refractivity contribution in [2.45, 2.75) is 31.5 Å². The Morgan fingerprint density at radius 3 is 2.26 bits per heavy atom. The van der Waals surface area contributed by atoms with Crippen LogP contribution in [0.5, 0.6) is 0 Å². The van der Waals surface area contributed by atoms with Gasteiger partial charge in [-0.2, -0.15) is 0 Å². The van der Waals surface area contributed by atoms with Gasteiger partial charge >= 0.3 is 5.97 Å². The number of benzene rings is 1. The summed E-state index contributed by atoms with van der Waals surface area (Å²) < 4.78 is 0. The zero-order valence-electron chi connectivity index (χ0n) is 12.7. The van der Waals surface area contributed by atoms with Crippen LogP contribution in [0.15, 0.2) is 30.3 Å². The Labute approximate surface area is 133 Å². The number of aliphatic hydroxyl groups is 1. The molecule has 0 aromatic heterocycles. The van der Waals surface area contributed by atoms with Crippen molar-refractivity contribution in [1.29, 1.82) is 0 Å². The lowest BCUT2D eigenvalue weighted by molar-refractivity contribution is -0.142. The molecule has 8 heteroatoms. The molecule has 0 saturated carbocycles. The van der Waals surface area contributed by atoms with Gasteiger partial charge in [-0.3, -0.25) is 14.4 Å². The van der Waals surface area contributed by atoms with Crippen molar-refractivity contribution in [2.24, 2.45) is 5.73 Å². The summed E-state index contributed by atoms with van der Waals surface area (Å²) in [6, 6.07) is 5.82. The molecule has 1 aromatic carbocycles. The Bertz CT molecular complexity index is 549. The summed E-state index contributed by atoms with van der Waals surface area (Å²) in [4.78, 5) is 34.5. The minimum absolute atomic E-state index is 0.276. The van der Waals surface area contributed by atoms with Crippen molar-refractivity contribution in [2.75, 3.05) is 6.61 Å². The largest absolute Gasteiger partial charge is 0.480 e. The molecule has 0 aliphatic rings. The average Bonchev–Trinajstić information content (AvgIpc) is 2.52. The van der Waals surface area contributed by atoms with Crippen molar-refractivity contribution in [3.05, 3.63) is 35.9 Å². The van der Waals surface area contributed by atoms with Gasteiger partial charge in [0.15, 0.2) is 0 Å². The highest BCUT2D eigenvalue weighted by Crippen LogP contribution is 2.02. The van der Waals surface area contributed by atoms with Gasteiger partial charge in [-0.1, -0.05) is 30.3 Å². The van der Waals surface area contributed by atoms with Crippen molar-refractivity contribution >= 4 is 17.8 Å². The minimum atomic E-state index is -1.26. The van der Waals surface area contributed by atoms with Crippen LogP contribution in [0.1, 0.15) is 12.5 Å². The molecule has 0 aliphatic heterocycles. The predicted octanol–water partition coefficient (Wildman–Crippen LogP) is -1.38.